The summed E-state index contributed by atoms with van der Waals surface area (Å²) in [6, 6.07) is -0.179. The molecule has 0 radical (unpaired) electrons. The molecule has 1 aliphatic rings. The highest BCUT2D eigenvalue weighted by atomic mass is 28.4. The number of aryl methyl sites for hydroxylation is 2. The van der Waals surface area contributed by atoms with Gasteiger partial charge in [-0.2, -0.15) is 0 Å². The first kappa shape index (κ1) is 19.8. The van der Waals surface area contributed by atoms with Gasteiger partial charge in [-0.3, -0.25) is 9.59 Å². The lowest BCUT2D eigenvalue weighted by atomic mass is 9.83. The number of carbonyl (C=O) groups excluding carboxylic acids is 2. The molecule has 2 rings (SSSR count). The molecular weight excluding hydrogens is 334 g/mol. The standard InChI is InChI=1S/C18H31N3O3Si/c1-11(24-25(7,8)18(3,4)5)16-13(20-17(16)23)9-15(22)14-10-21(6)12(2)19-14/h10-11,13,16H,9H2,1-8H3,(H,20,23)/t11-,13-,16-/m1/s1. The molecule has 0 aliphatic carbocycles. The number of nitrogens with zero attached hydrogens (tertiary/aromatic N) is 2. The van der Waals surface area contributed by atoms with Gasteiger partial charge in [0.05, 0.1) is 18.1 Å². The Morgan fingerprint density at radius 3 is 2.48 bits per heavy atom. The summed E-state index contributed by atoms with van der Waals surface area (Å²) in [5, 5.41) is 2.94. The van der Waals surface area contributed by atoms with Gasteiger partial charge in [0.15, 0.2) is 14.1 Å². The topological polar surface area (TPSA) is 73.2 Å². The second kappa shape index (κ2) is 6.68. The van der Waals surface area contributed by atoms with Crippen molar-refractivity contribution in [1.29, 1.82) is 0 Å². The lowest BCUT2D eigenvalue weighted by molar-refractivity contribution is -0.139. The Hall–Kier alpha value is -1.47. The fourth-order valence-corrected chi connectivity index (χ4v) is 4.32. The molecule has 140 valence electrons. The van der Waals surface area contributed by atoms with E-state index in [0.29, 0.717) is 5.69 Å². The van der Waals surface area contributed by atoms with Crippen molar-refractivity contribution in [1.82, 2.24) is 14.9 Å². The second-order valence-electron chi connectivity index (χ2n) is 8.64. The summed E-state index contributed by atoms with van der Waals surface area (Å²) < 4.78 is 8.19. The van der Waals surface area contributed by atoms with E-state index in [2.05, 4.69) is 44.2 Å². The van der Waals surface area contributed by atoms with Crippen molar-refractivity contribution in [2.75, 3.05) is 0 Å². The summed E-state index contributed by atoms with van der Waals surface area (Å²) in [6.07, 6.45) is 1.80. The van der Waals surface area contributed by atoms with Crippen LogP contribution >= 0.6 is 0 Å². The van der Waals surface area contributed by atoms with Gasteiger partial charge in [-0.25, -0.2) is 4.98 Å². The molecule has 2 heterocycles. The lowest BCUT2D eigenvalue weighted by Gasteiger charge is -2.45. The van der Waals surface area contributed by atoms with E-state index in [-0.39, 0.29) is 41.2 Å². The number of Topliss-reactive ketones (excluding diaryl/α,β-unsaturated/α-hetero) is 1. The van der Waals surface area contributed by atoms with Crippen LogP contribution in [0.3, 0.4) is 0 Å². The summed E-state index contributed by atoms with van der Waals surface area (Å²) in [4.78, 5) is 28.8. The van der Waals surface area contributed by atoms with Crippen molar-refractivity contribution < 1.29 is 14.0 Å². The van der Waals surface area contributed by atoms with Crippen molar-refractivity contribution in [2.45, 2.75) is 71.3 Å². The van der Waals surface area contributed by atoms with Crippen LogP contribution in [-0.4, -0.2) is 41.7 Å². The molecule has 0 saturated carbocycles. The summed E-state index contributed by atoms with van der Waals surface area (Å²) in [5.74, 6) is 0.453. The Morgan fingerprint density at radius 1 is 1.44 bits per heavy atom. The number of hydrogen-bond donors (Lipinski definition) is 1. The monoisotopic (exact) mass is 365 g/mol. The molecule has 1 fully saturated rings. The maximum absolute atomic E-state index is 12.5. The molecule has 1 saturated heterocycles. The number of hydrogen-bond acceptors (Lipinski definition) is 4. The number of ketones is 1. The first-order valence-corrected chi connectivity index (χ1v) is 11.8. The van der Waals surface area contributed by atoms with Crippen LogP contribution in [0.2, 0.25) is 18.1 Å². The molecule has 1 amide bonds. The predicted molar refractivity (Wildman–Crippen MR) is 100 cm³/mol. The lowest BCUT2D eigenvalue weighted by Crippen LogP contribution is -2.64. The number of amides is 1. The van der Waals surface area contributed by atoms with Crippen LogP contribution in [0.5, 0.6) is 0 Å². The number of rotatable bonds is 6. The van der Waals surface area contributed by atoms with Crippen molar-refractivity contribution in [3.8, 4) is 0 Å². The van der Waals surface area contributed by atoms with Gasteiger partial charge in [0.25, 0.3) is 0 Å². The van der Waals surface area contributed by atoms with Crippen LogP contribution < -0.4 is 5.32 Å². The van der Waals surface area contributed by atoms with E-state index in [1.807, 2.05) is 25.5 Å². The van der Waals surface area contributed by atoms with Crippen LogP contribution in [0.4, 0.5) is 0 Å². The zero-order chi connectivity index (χ0) is 19.2. The molecule has 1 aliphatic heterocycles. The van der Waals surface area contributed by atoms with Crippen LogP contribution in [0, 0.1) is 12.8 Å². The molecule has 25 heavy (non-hydrogen) atoms. The number of imidazole rings is 1. The number of β-lactam (4-membered cyclic amide) rings is 1. The minimum atomic E-state index is -1.96. The molecule has 1 N–H and O–H groups in total. The molecule has 0 unspecified atom stereocenters. The first-order valence-electron chi connectivity index (χ1n) is 8.85. The molecule has 6 nitrogen and oxygen atoms in total. The molecule has 0 aromatic carbocycles. The fourth-order valence-electron chi connectivity index (χ4n) is 2.89. The predicted octanol–water partition coefficient (Wildman–Crippen LogP) is 2.83. The molecule has 0 spiro atoms. The Labute approximate surface area is 151 Å². The molecule has 1 aromatic rings. The Morgan fingerprint density at radius 2 is 2.04 bits per heavy atom. The van der Waals surface area contributed by atoms with Gasteiger partial charge in [0, 0.05) is 19.7 Å². The van der Waals surface area contributed by atoms with E-state index in [1.165, 1.54) is 0 Å². The van der Waals surface area contributed by atoms with Gasteiger partial charge in [-0.1, -0.05) is 20.8 Å². The summed E-state index contributed by atoms with van der Waals surface area (Å²) >= 11 is 0. The summed E-state index contributed by atoms with van der Waals surface area (Å²) in [5.41, 5.74) is 0.456. The van der Waals surface area contributed by atoms with Gasteiger partial charge < -0.3 is 14.3 Å². The summed E-state index contributed by atoms with van der Waals surface area (Å²) in [7, 11) is -0.0977. The minimum Gasteiger partial charge on any atom is -0.413 e. The summed E-state index contributed by atoms with van der Waals surface area (Å²) in [6.45, 7) is 14.7. The molecular formula is C18H31N3O3Si. The Bertz CT molecular complexity index is 656. The molecule has 0 bridgehead atoms. The van der Waals surface area contributed by atoms with Gasteiger partial charge >= 0.3 is 0 Å². The minimum absolute atomic E-state index is 0.0267. The van der Waals surface area contributed by atoms with E-state index in [4.69, 9.17) is 4.43 Å². The third-order valence-electron chi connectivity index (χ3n) is 5.66. The number of aromatic nitrogens is 2. The van der Waals surface area contributed by atoms with E-state index < -0.39 is 8.32 Å². The Kier molecular flexibility index (Phi) is 5.30. The van der Waals surface area contributed by atoms with E-state index in [9.17, 15) is 9.59 Å². The highest BCUT2D eigenvalue weighted by Crippen LogP contribution is 2.39. The SMILES string of the molecule is Cc1nc(C(=O)C[C@H]2NC(=O)[C@@H]2[C@@H](C)O[Si](C)(C)C(C)(C)C)cn1C. The van der Waals surface area contributed by atoms with Gasteiger partial charge in [0.1, 0.15) is 11.5 Å². The van der Waals surface area contributed by atoms with Crippen LogP contribution in [0.1, 0.15) is 50.4 Å². The Balaban J connectivity index is 2.03. The highest BCUT2D eigenvalue weighted by molar-refractivity contribution is 6.74. The average Bonchev–Trinajstić information content (AvgIpc) is 2.75. The second-order valence-corrected chi connectivity index (χ2v) is 13.4. The van der Waals surface area contributed by atoms with Crippen molar-refractivity contribution in [2.24, 2.45) is 13.0 Å². The van der Waals surface area contributed by atoms with Crippen LogP contribution in [0.15, 0.2) is 6.20 Å². The van der Waals surface area contributed by atoms with Gasteiger partial charge in [-0.15, -0.1) is 0 Å². The van der Waals surface area contributed by atoms with Gasteiger partial charge in [0.2, 0.25) is 5.91 Å². The number of nitrogens with one attached hydrogen (secondary N) is 1. The number of carbonyl (C=O) groups is 2. The van der Waals surface area contributed by atoms with Crippen molar-refractivity contribution in [3.63, 3.8) is 0 Å². The van der Waals surface area contributed by atoms with E-state index >= 15 is 0 Å². The first-order chi connectivity index (χ1) is 11.3. The zero-order valence-corrected chi connectivity index (χ0v) is 17.6. The average molecular weight is 366 g/mol. The maximum atomic E-state index is 12.5. The zero-order valence-electron chi connectivity index (χ0n) is 16.6. The van der Waals surface area contributed by atoms with E-state index in [1.54, 1.807) is 6.20 Å². The van der Waals surface area contributed by atoms with Gasteiger partial charge in [-0.05, 0) is 32.0 Å². The quantitative estimate of drug-likeness (QED) is 0.478. The fraction of sp³-hybridized carbons (Fsp3) is 0.722. The third-order valence-corrected chi connectivity index (χ3v) is 10.2. The maximum Gasteiger partial charge on any atom is 0.228 e. The molecule has 7 heteroatoms. The van der Waals surface area contributed by atoms with Crippen molar-refractivity contribution in [3.05, 3.63) is 17.7 Å². The largest absolute Gasteiger partial charge is 0.413 e. The van der Waals surface area contributed by atoms with Crippen LogP contribution in [-0.2, 0) is 16.3 Å². The molecule has 1 aromatic heterocycles. The van der Waals surface area contributed by atoms with Crippen molar-refractivity contribution >= 4 is 20.0 Å². The smallest absolute Gasteiger partial charge is 0.228 e. The van der Waals surface area contributed by atoms with Crippen LogP contribution in [0.25, 0.3) is 0 Å². The normalized spacial score (nSPS) is 22.3. The molecule has 3 atom stereocenters. The highest BCUT2D eigenvalue weighted by Gasteiger charge is 2.48. The third kappa shape index (κ3) is 4.03. The van der Waals surface area contributed by atoms with E-state index in [0.717, 1.165) is 5.82 Å².